The number of nitrogens with zero attached hydrogens (tertiary/aromatic N) is 1. The van der Waals surface area contributed by atoms with Gasteiger partial charge in [0.25, 0.3) is 0 Å². The maximum atomic E-state index is 6.02. The highest BCUT2D eigenvalue weighted by Gasteiger charge is 2.01. The molecule has 1 heterocycles. The van der Waals surface area contributed by atoms with Crippen LogP contribution in [0.15, 0.2) is 35.1 Å². The summed E-state index contributed by atoms with van der Waals surface area (Å²) in [5.41, 5.74) is 0.891. The number of H-pyrrole nitrogens is 1. The Bertz CT molecular complexity index is 442. The van der Waals surface area contributed by atoms with Crippen LogP contribution < -0.4 is 5.32 Å². The lowest BCUT2D eigenvalue weighted by atomic mass is 10.3. The monoisotopic (exact) mass is 285 g/mol. The first-order valence-corrected chi connectivity index (χ1v) is 5.60. The molecule has 0 aliphatic heterocycles. The summed E-state index contributed by atoms with van der Waals surface area (Å²) in [6.07, 6.45) is 3.51. The van der Waals surface area contributed by atoms with Gasteiger partial charge in [0, 0.05) is 16.9 Å². The van der Waals surface area contributed by atoms with Gasteiger partial charge in [0.1, 0.15) is 5.82 Å². The first-order chi connectivity index (χ1) is 7.25. The molecule has 0 aliphatic rings. The van der Waals surface area contributed by atoms with Gasteiger partial charge in [-0.2, -0.15) is 0 Å². The summed E-state index contributed by atoms with van der Waals surface area (Å²) in [6, 6.07) is 5.68. The Labute approximate surface area is 101 Å². The second-order valence-corrected chi connectivity index (χ2v) is 4.34. The first-order valence-electron chi connectivity index (χ1n) is 4.43. The van der Waals surface area contributed by atoms with E-state index in [0.717, 1.165) is 16.0 Å². The minimum absolute atomic E-state index is 0.628. The SMILES string of the molecule is Clc1ccc(Br)cc1NCc1ncc[nH]1. The van der Waals surface area contributed by atoms with E-state index in [1.165, 1.54) is 0 Å². The van der Waals surface area contributed by atoms with Crippen LogP contribution in [0.5, 0.6) is 0 Å². The van der Waals surface area contributed by atoms with Gasteiger partial charge in [-0.3, -0.25) is 0 Å². The largest absolute Gasteiger partial charge is 0.377 e. The van der Waals surface area contributed by atoms with E-state index in [2.05, 4.69) is 31.2 Å². The molecule has 1 aromatic carbocycles. The summed E-state index contributed by atoms with van der Waals surface area (Å²) >= 11 is 9.42. The third-order valence-corrected chi connectivity index (χ3v) is 2.75. The molecule has 1 aromatic heterocycles. The molecule has 0 bridgehead atoms. The maximum absolute atomic E-state index is 6.02. The Morgan fingerprint density at radius 1 is 1.47 bits per heavy atom. The van der Waals surface area contributed by atoms with Gasteiger partial charge in [-0.1, -0.05) is 27.5 Å². The molecule has 2 aromatic rings. The average molecular weight is 287 g/mol. The molecule has 0 amide bonds. The van der Waals surface area contributed by atoms with Crippen molar-refractivity contribution < 1.29 is 0 Å². The topological polar surface area (TPSA) is 40.7 Å². The molecule has 0 unspecified atom stereocenters. The van der Waals surface area contributed by atoms with Gasteiger partial charge in [0.2, 0.25) is 0 Å². The summed E-state index contributed by atoms with van der Waals surface area (Å²) < 4.78 is 0.994. The Morgan fingerprint density at radius 2 is 2.33 bits per heavy atom. The molecule has 15 heavy (non-hydrogen) atoms. The number of anilines is 1. The van der Waals surface area contributed by atoms with E-state index in [0.29, 0.717) is 11.6 Å². The van der Waals surface area contributed by atoms with Crippen molar-refractivity contribution in [1.29, 1.82) is 0 Å². The average Bonchev–Trinajstić information content (AvgIpc) is 2.72. The van der Waals surface area contributed by atoms with Crippen LogP contribution >= 0.6 is 27.5 Å². The number of halogens is 2. The van der Waals surface area contributed by atoms with E-state index < -0.39 is 0 Å². The molecule has 0 saturated carbocycles. The smallest absolute Gasteiger partial charge is 0.125 e. The molecule has 0 radical (unpaired) electrons. The van der Waals surface area contributed by atoms with Gasteiger partial charge in [0.05, 0.1) is 17.3 Å². The summed E-state index contributed by atoms with van der Waals surface area (Å²) in [5.74, 6) is 0.881. The van der Waals surface area contributed by atoms with Crippen molar-refractivity contribution in [2.24, 2.45) is 0 Å². The Balaban J connectivity index is 2.07. The number of imidazole rings is 1. The second-order valence-electron chi connectivity index (χ2n) is 3.01. The molecular formula is C10H9BrClN3. The van der Waals surface area contributed by atoms with Crippen molar-refractivity contribution in [1.82, 2.24) is 9.97 Å². The fraction of sp³-hybridized carbons (Fsp3) is 0.100. The van der Waals surface area contributed by atoms with E-state index >= 15 is 0 Å². The van der Waals surface area contributed by atoms with Crippen molar-refractivity contribution >= 4 is 33.2 Å². The lowest BCUT2D eigenvalue weighted by Crippen LogP contribution is -2.01. The van der Waals surface area contributed by atoms with E-state index in [4.69, 9.17) is 11.6 Å². The molecular weight excluding hydrogens is 277 g/mol. The number of benzene rings is 1. The minimum Gasteiger partial charge on any atom is -0.377 e. The Hall–Kier alpha value is -1.00. The Morgan fingerprint density at radius 3 is 3.07 bits per heavy atom. The fourth-order valence-corrected chi connectivity index (χ4v) is 1.75. The molecule has 0 saturated heterocycles. The van der Waals surface area contributed by atoms with Crippen LogP contribution in [0.1, 0.15) is 5.82 Å². The van der Waals surface area contributed by atoms with Crippen molar-refractivity contribution in [2.75, 3.05) is 5.32 Å². The number of rotatable bonds is 3. The van der Waals surface area contributed by atoms with Crippen LogP contribution in [-0.4, -0.2) is 9.97 Å². The zero-order valence-corrected chi connectivity index (χ0v) is 10.1. The fourth-order valence-electron chi connectivity index (χ4n) is 1.21. The van der Waals surface area contributed by atoms with Gasteiger partial charge in [-0.25, -0.2) is 4.98 Å². The molecule has 2 rings (SSSR count). The molecule has 0 aliphatic carbocycles. The van der Waals surface area contributed by atoms with Crippen LogP contribution in [0.25, 0.3) is 0 Å². The Kier molecular flexibility index (Phi) is 3.28. The number of hydrogen-bond acceptors (Lipinski definition) is 2. The highest BCUT2D eigenvalue weighted by Crippen LogP contribution is 2.25. The molecule has 3 nitrogen and oxygen atoms in total. The normalized spacial score (nSPS) is 10.3. The van der Waals surface area contributed by atoms with Crippen molar-refractivity contribution in [3.05, 3.63) is 45.9 Å². The summed E-state index contributed by atoms with van der Waals surface area (Å²) in [4.78, 5) is 7.12. The third-order valence-electron chi connectivity index (χ3n) is 1.93. The number of aromatic amines is 1. The van der Waals surface area contributed by atoms with Crippen LogP contribution in [-0.2, 0) is 6.54 Å². The highest BCUT2D eigenvalue weighted by molar-refractivity contribution is 9.10. The number of aromatic nitrogens is 2. The van der Waals surface area contributed by atoms with E-state index in [9.17, 15) is 0 Å². The number of nitrogens with one attached hydrogen (secondary N) is 2. The maximum Gasteiger partial charge on any atom is 0.125 e. The van der Waals surface area contributed by atoms with Gasteiger partial charge < -0.3 is 10.3 Å². The third kappa shape index (κ3) is 2.73. The van der Waals surface area contributed by atoms with Crippen LogP contribution in [0.3, 0.4) is 0 Å². The minimum atomic E-state index is 0.628. The molecule has 5 heteroatoms. The number of hydrogen-bond donors (Lipinski definition) is 2. The van der Waals surface area contributed by atoms with Gasteiger partial charge in [-0.05, 0) is 18.2 Å². The predicted octanol–water partition coefficient (Wildman–Crippen LogP) is 3.44. The van der Waals surface area contributed by atoms with E-state index in [-0.39, 0.29) is 0 Å². The lowest BCUT2D eigenvalue weighted by molar-refractivity contribution is 1.000. The molecule has 2 N–H and O–H groups in total. The van der Waals surface area contributed by atoms with Crippen molar-refractivity contribution in [2.45, 2.75) is 6.54 Å². The van der Waals surface area contributed by atoms with Crippen molar-refractivity contribution in [3.8, 4) is 0 Å². The summed E-state index contributed by atoms with van der Waals surface area (Å²) in [6.45, 7) is 0.628. The van der Waals surface area contributed by atoms with Gasteiger partial charge in [0.15, 0.2) is 0 Å². The highest BCUT2D eigenvalue weighted by atomic mass is 79.9. The van der Waals surface area contributed by atoms with Crippen LogP contribution in [0.2, 0.25) is 5.02 Å². The second kappa shape index (κ2) is 4.68. The molecule has 0 spiro atoms. The van der Waals surface area contributed by atoms with E-state index in [1.807, 2.05) is 18.2 Å². The lowest BCUT2D eigenvalue weighted by Gasteiger charge is -2.06. The summed E-state index contributed by atoms with van der Waals surface area (Å²) in [7, 11) is 0. The van der Waals surface area contributed by atoms with Crippen LogP contribution in [0, 0.1) is 0 Å². The summed E-state index contributed by atoms with van der Waals surface area (Å²) in [5, 5.41) is 3.90. The van der Waals surface area contributed by atoms with Gasteiger partial charge >= 0.3 is 0 Å². The zero-order valence-electron chi connectivity index (χ0n) is 7.80. The van der Waals surface area contributed by atoms with Gasteiger partial charge in [-0.15, -0.1) is 0 Å². The molecule has 0 atom stereocenters. The molecule has 0 fully saturated rings. The standard InChI is InChI=1S/C10H9BrClN3/c11-7-1-2-8(12)9(5-7)15-6-10-13-3-4-14-10/h1-5,15H,6H2,(H,13,14). The molecule has 78 valence electrons. The predicted molar refractivity (Wildman–Crippen MR) is 65.1 cm³/mol. The van der Waals surface area contributed by atoms with Crippen LogP contribution in [0.4, 0.5) is 5.69 Å². The van der Waals surface area contributed by atoms with Crippen molar-refractivity contribution in [3.63, 3.8) is 0 Å². The first kappa shape index (κ1) is 10.5. The quantitative estimate of drug-likeness (QED) is 0.907. The zero-order chi connectivity index (χ0) is 10.7. The van der Waals surface area contributed by atoms with E-state index in [1.54, 1.807) is 12.4 Å².